The van der Waals surface area contributed by atoms with Crippen molar-refractivity contribution in [2.45, 2.75) is 43.7 Å². The van der Waals surface area contributed by atoms with Gasteiger partial charge in [-0.25, -0.2) is 4.68 Å². The first-order chi connectivity index (χ1) is 23.2. The van der Waals surface area contributed by atoms with Crippen LogP contribution in [-0.4, -0.2) is 88.7 Å². The van der Waals surface area contributed by atoms with Gasteiger partial charge in [-0.2, -0.15) is 5.10 Å². The highest BCUT2D eigenvalue weighted by molar-refractivity contribution is 6.32. The number of amides is 2. The van der Waals surface area contributed by atoms with E-state index in [2.05, 4.69) is 84.9 Å². The van der Waals surface area contributed by atoms with Crippen LogP contribution in [0, 0.1) is 0 Å². The van der Waals surface area contributed by atoms with Gasteiger partial charge in [0, 0.05) is 82.6 Å². The highest BCUT2D eigenvalue weighted by atomic mass is 35.5. The third-order valence-electron chi connectivity index (χ3n) is 10.00. The Morgan fingerprint density at radius 2 is 1.73 bits per heavy atom. The van der Waals surface area contributed by atoms with Crippen LogP contribution in [0.3, 0.4) is 0 Å². The molecule has 4 aromatic rings. The maximum Gasteiger partial charge on any atom is 0.287 e. The summed E-state index contributed by atoms with van der Waals surface area (Å²) in [6.45, 7) is 6.59. The van der Waals surface area contributed by atoms with Gasteiger partial charge < -0.3 is 15.1 Å². The van der Waals surface area contributed by atoms with Crippen molar-refractivity contribution in [3.05, 3.63) is 93.0 Å². The standard InChI is InChI=1S/C36H41ClN8O3/c1-42-21-27(16-28(22-42)40-32-19-39-43(2)36(48)34(32)37)24-5-3-23(4-6-24)20-44-11-13-45(14-12-44)29-8-7-25-15-26(18-38-31(25)17-29)30-9-10-33(46)41-35(30)47/h3-8,15,17-19,27-28,30,40H,9-14,16,20-22H2,1-2H3,(H,41,46,47)/t27-,28+,30?/m0/s1. The number of likely N-dealkylation sites (N-methyl/N-ethyl adjacent to an activating group) is 1. The van der Waals surface area contributed by atoms with Gasteiger partial charge in [0.15, 0.2) is 0 Å². The van der Waals surface area contributed by atoms with E-state index in [1.54, 1.807) is 19.4 Å². The number of piperidine rings is 2. The molecule has 0 saturated carbocycles. The number of nitrogens with one attached hydrogen (secondary N) is 2. The lowest BCUT2D eigenvalue weighted by Gasteiger charge is -2.37. The predicted octanol–water partition coefficient (Wildman–Crippen LogP) is 3.72. The number of halogens is 1. The molecule has 0 aliphatic carbocycles. The zero-order valence-corrected chi connectivity index (χ0v) is 28.1. The molecule has 2 aromatic carbocycles. The Morgan fingerprint density at radius 3 is 2.50 bits per heavy atom. The fourth-order valence-electron chi connectivity index (χ4n) is 7.34. The lowest BCUT2D eigenvalue weighted by atomic mass is 9.87. The van der Waals surface area contributed by atoms with Crippen LogP contribution >= 0.6 is 11.6 Å². The zero-order valence-electron chi connectivity index (χ0n) is 27.4. The van der Waals surface area contributed by atoms with E-state index >= 15 is 0 Å². The molecule has 0 spiro atoms. The minimum Gasteiger partial charge on any atom is -0.378 e. The van der Waals surface area contributed by atoms with Gasteiger partial charge in [0.25, 0.3) is 5.56 Å². The molecule has 0 bridgehead atoms. The van der Waals surface area contributed by atoms with E-state index in [9.17, 15) is 14.4 Å². The number of likely N-dealkylation sites (tertiary alicyclic amines) is 1. The molecule has 7 rings (SSSR count). The molecule has 3 fully saturated rings. The summed E-state index contributed by atoms with van der Waals surface area (Å²) in [5.41, 5.74) is 5.85. The Morgan fingerprint density at radius 1 is 0.938 bits per heavy atom. The van der Waals surface area contributed by atoms with E-state index in [4.69, 9.17) is 11.6 Å². The summed E-state index contributed by atoms with van der Waals surface area (Å²) in [5, 5.41) is 11.2. The first-order valence-corrected chi connectivity index (χ1v) is 17.0. The van der Waals surface area contributed by atoms with Crippen LogP contribution in [-0.2, 0) is 23.2 Å². The number of piperazine rings is 1. The molecule has 1 unspecified atom stereocenters. The molecule has 250 valence electrons. The summed E-state index contributed by atoms with van der Waals surface area (Å²) >= 11 is 6.32. The third kappa shape index (κ3) is 6.94. The summed E-state index contributed by atoms with van der Waals surface area (Å²) in [5.74, 6) is -0.398. The zero-order chi connectivity index (χ0) is 33.4. The molecular weight excluding hydrogens is 628 g/mol. The topological polar surface area (TPSA) is 116 Å². The van der Waals surface area contributed by atoms with Crippen molar-refractivity contribution in [2.24, 2.45) is 7.05 Å². The molecule has 3 atom stereocenters. The van der Waals surface area contributed by atoms with Crippen molar-refractivity contribution in [1.29, 1.82) is 0 Å². The van der Waals surface area contributed by atoms with Crippen LogP contribution in [0.1, 0.15) is 47.8 Å². The van der Waals surface area contributed by atoms with Crippen molar-refractivity contribution in [2.75, 3.05) is 56.5 Å². The van der Waals surface area contributed by atoms with Crippen LogP contribution in [0.5, 0.6) is 0 Å². The van der Waals surface area contributed by atoms with Gasteiger partial charge in [-0.15, -0.1) is 0 Å². The Kier molecular flexibility index (Phi) is 9.17. The number of nitrogens with zero attached hydrogens (tertiary/aromatic N) is 6. The number of rotatable bonds is 7. The Bertz CT molecular complexity index is 1890. The second-order valence-electron chi connectivity index (χ2n) is 13.5. The van der Waals surface area contributed by atoms with Crippen LogP contribution in [0.4, 0.5) is 11.4 Å². The predicted molar refractivity (Wildman–Crippen MR) is 188 cm³/mol. The molecule has 2 N–H and O–H groups in total. The Labute approximate surface area is 284 Å². The van der Waals surface area contributed by atoms with Crippen LogP contribution in [0.15, 0.2) is 65.7 Å². The van der Waals surface area contributed by atoms with E-state index in [1.165, 1.54) is 15.8 Å². The Balaban J connectivity index is 0.928. The highest BCUT2D eigenvalue weighted by Gasteiger charge is 2.29. The van der Waals surface area contributed by atoms with E-state index in [0.717, 1.165) is 74.4 Å². The fraction of sp³-hybridized carbons (Fsp3) is 0.417. The van der Waals surface area contributed by atoms with Crippen LogP contribution in [0.2, 0.25) is 5.02 Å². The van der Waals surface area contributed by atoms with Gasteiger partial charge in [-0.05, 0) is 60.7 Å². The summed E-state index contributed by atoms with van der Waals surface area (Å²) < 4.78 is 1.25. The quantitative estimate of drug-likeness (QED) is 0.284. The normalized spacial score (nSPS) is 22.6. The number of fused-ring (bicyclic) bond motifs is 1. The number of carbonyl (C=O) groups excluding carboxylic acids is 2. The van der Waals surface area contributed by atoms with E-state index in [0.29, 0.717) is 24.4 Å². The molecule has 11 nitrogen and oxygen atoms in total. The second kappa shape index (κ2) is 13.7. The van der Waals surface area contributed by atoms with Crippen molar-refractivity contribution >= 4 is 45.7 Å². The van der Waals surface area contributed by atoms with E-state index in [1.807, 2.05) is 6.07 Å². The minimum atomic E-state index is -0.330. The number of pyridine rings is 1. The number of benzene rings is 2. The van der Waals surface area contributed by atoms with E-state index in [-0.39, 0.29) is 34.4 Å². The first-order valence-electron chi connectivity index (χ1n) is 16.7. The Hall–Kier alpha value is -4.32. The fourth-order valence-corrected chi connectivity index (χ4v) is 7.57. The van der Waals surface area contributed by atoms with Gasteiger partial charge in [0.05, 0.1) is 23.3 Å². The van der Waals surface area contributed by atoms with Crippen molar-refractivity contribution < 1.29 is 9.59 Å². The molecule has 0 radical (unpaired) electrons. The van der Waals surface area contributed by atoms with Crippen molar-refractivity contribution in [1.82, 2.24) is 29.9 Å². The van der Waals surface area contributed by atoms with Gasteiger partial charge in [0.1, 0.15) is 5.02 Å². The van der Waals surface area contributed by atoms with Crippen molar-refractivity contribution in [3.8, 4) is 0 Å². The number of carbonyl (C=O) groups is 2. The lowest BCUT2D eigenvalue weighted by molar-refractivity contribution is -0.134. The molecule has 3 aliphatic rings. The van der Waals surface area contributed by atoms with Gasteiger partial charge in [-0.1, -0.05) is 41.9 Å². The summed E-state index contributed by atoms with van der Waals surface area (Å²) in [6, 6.07) is 17.6. The maximum atomic E-state index is 12.3. The molecular formula is C36H41ClN8O3. The highest BCUT2D eigenvalue weighted by Crippen LogP contribution is 2.31. The summed E-state index contributed by atoms with van der Waals surface area (Å²) in [7, 11) is 3.73. The second-order valence-corrected chi connectivity index (χ2v) is 13.8. The molecule has 12 heteroatoms. The monoisotopic (exact) mass is 668 g/mol. The molecule has 3 saturated heterocycles. The molecule has 5 heterocycles. The average Bonchev–Trinajstić information content (AvgIpc) is 3.08. The van der Waals surface area contributed by atoms with Gasteiger partial charge in [0.2, 0.25) is 11.8 Å². The number of hydrogen-bond acceptors (Lipinski definition) is 9. The SMILES string of the molecule is CN1C[C@H](Nc2cnn(C)c(=O)c2Cl)C[C@H](c2ccc(CN3CCN(c4ccc5cc(C6CCC(=O)NC6=O)cnc5c4)CC3)cc2)C1. The molecule has 2 amide bonds. The lowest BCUT2D eigenvalue weighted by Crippen LogP contribution is -2.46. The smallest absolute Gasteiger partial charge is 0.287 e. The number of imide groups is 1. The van der Waals surface area contributed by atoms with E-state index < -0.39 is 0 Å². The minimum absolute atomic E-state index is 0.157. The van der Waals surface area contributed by atoms with Crippen molar-refractivity contribution in [3.63, 3.8) is 0 Å². The average molecular weight is 669 g/mol. The number of aromatic nitrogens is 3. The summed E-state index contributed by atoms with van der Waals surface area (Å²) in [6.07, 6.45) is 5.23. The molecule has 2 aromatic heterocycles. The van der Waals surface area contributed by atoms with Gasteiger partial charge in [-0.3, -0.25) is 29.6 Å². The third-order valence-corrected chi connectivity index (χ3v) is 10.4. The number of anilines is 2. The molecule has 48 heavy (non-hydrogen) atoms. The number of hydrogen-bond donors (Lipinski definition) is 2. The van der Waals surface area contributed by atoms with Crippen LogP contribution in [0.25, 0.3) is 10.9 Å². The maximum absolute atomic E-state index is 12.3. The molecule has 3 aliphatic heterocycles. The number of aryl methyl sites for hydroxylation is 1. The van der Waals surface area contributed by atoms with Gasteiger partial charge >= 0.3 is 0 Å². The largest absolute Gasteiger partial charge is 0.378 e. The first kappa shape index (κ1) is 32.2. The van der Waals surface area contributed by atoms with Crippen LogP contribution < -0.4 is 21.1 Å². The summed E-state index contributed by atoms with van der Waals surface area (Å²) in [4.78, 5) is 48.0.